The zero-order chi connectivity index (χ0) is 13.2. The fourth-order valence-corrected chi connectivity index (χ4v) is 2.92. The number of rotatable bonds is 2. The third kappa shape index (κ3) is 2.35. The third-order valence-electron chi connectivity index (χ3n) is 3.92. The molecular formula is C15H18FN3. The Bertz CT molecular complexity index is 571. The van der Waals surface area contributed by atoms with E-state index in [0.717, 1.165) is 18.5 Å². The average Bonchev–Trinajstić information content (AvgIpc) is 2.91. The Morgan fingerprint density at radius 3 is 2.79 bits per heavy atom. The van der Waals surface area contributed by atoms with Crippen LogP contribution < -0.4 is 5.73 Å². The van der Waals surface area contributed by atoms with Crippen LogP contribution in [-0.2, 0) is 0 Å². The van der Waals surface area contributed by atoms with E-state index >= 15 is 0 Å². The Hall–Kier alpha value is -1.84. The second-order valence-corrected chi connectivity index (χ2v) is 5.23. The fourth-order valence-electron chi connectivity index (χ4n) is 2.92. The minimum atomic E-state index is -0.260. The highest BCUT2D eigenvalue weighted by Crippen LogP contribution is 2.34. The first kappa shape index (κ1) is 12.2. The van der Waals surface area contributed by atoms with Crippen LogP contribution in [0.15, 0.2) is 30.7 Å². The molecule has 2 N–H and O–H groups in total. The van der Waals surface area contributed by atoms with Crippen LogP contribution in [0.2, 0.25) is 0 Å². The SMILES string of the molecule is Nc1ccc(F)c(-n2cncc2C2CCCCC2)c1. The summed E-state index contributed by atoms with van der Waals surface area (Å²) >= 11 is 0. The summed E-state index contributed by atoms with van der Waals surface area (Å²) in [4.78, 5) is 4.20. The molecule has 4 heteroatoms. The molecule has 1 aromatic carbocycles. The van der Waals surface area contributed by atoms with Crippen molar-refractivity contribution >= 4 is 5.69 Å². The van der Waals surface area contributed by atoms with Crippen molar-refractivity contribution in [3.05, 3.63) is 42.2 Å². The molecule has 1 aliphatic carbocycles. The number of aromatic nitrogens is 2. The van der Waals surface area contributed by atoms with Gasteiger partial charge in [0.15, 0.2) is 0 Å². The van der Waals surface area contributed by atoms with Gasteiger partial charge >= 0.3 is 0 Å². The summed E-state index contributed by atoms with van der Waals surface area (Å²) in [5.41, 5.74) is 7.93. The van der Waals surface area contributed by atoms with E-state index in [1.165, 1.54) is 25.3 Å². The molecule has 0 radical (unpaired) electrons. The summed E-state index contributed by atoms with van der Waals surface area (Å²) in [6.45, 7) is 0. The molecule has 0 saturated heterocycles. The predicted octanol–water partition coefficient (Wildman–Crippen LogP) is 3.64. The second kappa shape index (κ2) is 5.03. The lowest BCUT2D eigenvalue weighted by atomic mass is 9.87. The lowest BCUT2D eigenvalue weighted by molar-refractivity contribution is 0.432. The molecular weight excluding hydrogens is 241 g/mol. The number of nitrogen functional groups attached to an aromatic ring is 1. The van der Waals surface area contributed by atoms with Gasteiger partial charge in [0.1, 0.15) is 5.82 Å². The van der Waals surface area contributed by atoms with E-state index in [2.05, 4.69) is 4.98 Å². The number of anilines is 1. The van der Waals surface area contributed by atoms with Crippen LogP contribution in [0, 0.1) is 5.82 Å². The smallest absolute Gasteiger partial charge is 0.147 e. The molecule has 0 unspecified atom stereocenters. The molecule has 0 amide bonds. The van der Waals surface area contributed by atoms with Crippen molar-refractivity contribution in [3.63, 3.8) is 0 Å². The van der Waals surface area contributed by atoms with E-state index in [4.69, 9.17) is 5.73 Å². The van der Waals surface area contributed by atoms with E-state index in [9.17, 15) is 4.39 Å². The van der Waals surface area contributed by atoms with Crippen molar-refractivity contribution in [2.45, 2.75) is 38.0 Å². The fraction of sp³-hybridized carbons (Fsp3) is 0.400. The molecule has 3 nitrogen and oxygen atoms in total. The maximum absolute atomic E-state index is 14.0. The molecule has 100 valence electrons. The van der Waals surface area contributed by atoms with Crippen molar-refractivity contribution in [1.29, 1.82) is 0 Å². The molecule has 1 saturated carbocycles. The quantitative estimate of drug-likeness (QED) is 0.837. The molecule has 2 aromatic rings. The molecule has 1 aliphatic rings. The van der Waals surface area contributed by atoms with Gasteiger partial charge in [0.05, 0.1) is 12.0 Å². The summed E-state index contributed by atoms with van der Waals surface area (Å²) in [5, 5.41) is 0. The summed E-state index contributed by atoms with van der Waals surface area (Å²) < 4.78 is 15.8. The van der Waals surface area contributed by atoms with E-state index < -0.39 is 0 Å². The number of benzene rings is 1. The number of hydrogen-bond acceptors (Lipinski definition) is 2. The van der Waals surface area contributed by atoms with Gasteiger partial charge in [-0.2, -0.15) is 0 Å². The summed E-state index contributed by atoms with van der Waals surface area (Å²) in [7, 11) is 0. The minimum Gasteiger partial charge on any atom is -0.399 e. The van der Waals surface area contributed by atoms with E-state index in [1.807, 2.05) is 10.8 Å². The number of nitrogens with zero attached hydrogens (tertiary/aromatic N) is 2. The number of imidazole rings is 1. The molecule has 3 rings (SSSR count). The van der Waals surface area contributed by atoms with Crippen LogP contribution in [0.3, 0.4) is 0 Å². The molecule has 19 heavy (non-hydrogen) atoms. The Morgan fingerprint density at radius 1 is 1.21 bits per heavy atom. The standard InChI is InChI=1S/C15H18FN3/c16-13-7-6-12(17)8-14(13)19-10-18-9-15(19)11-4-2-1-3-5-11/h6-11H,1-5,17H2. The highest BCUT2D eigenvalue weighted by Gasteiger charge is 2.20. The van der Waals surface area contributed by atoms with Gasteiger partial charge in [-0.1, -0.05) is 19.3 Å². The zero-order valence-corrected chi connectivity index (χ0v) is 10.8. The number of nitrogens with two attached hydrogens (primary N) is 1. The van der Waals surface area contributed by atoms with Crippen LogP contribution in [-0.4, -0.2) is 9.55 Å². The van der Waals surface area contributed by atoms with Crippen LogP contribution in [0.1, 0.15) is 43.7 Å². The maximum atomic E-state index is 14.0. The van der Waals surface area contributed by atoms with Gasteiger partial charge in [-0.25, -0.2) is 9.37 Å². The van der Waals surface area contributed by atoms with Crippen molar-refractivity contribution in [3.8, 4) is 5.69 Å². The monoisotopic (exact) mass is 259 g/mol. The Labute approximate surface area is 112 Å². The first-order valence-corrected chi connectivity index (χ1v) is 6.83. The van der Waals surface area contributed by atoms with Gasteiger partial charge < -0.3 is 5.73 Å². The second-order valence-electron chi connectivity index (χ2n) is 5.23. The van der Waals surface area contributed by atoms with Crippen molar-refractivity contribution in [1.82, 2.24) is 9.55 Å². The summed E-state index contributed by atoms with van der Waals surface area (Å²) in [6.07, 6.45) is 9.66. The van der Waals surface area contributed by atoms with E-state index in [-0.39, 0.29) is 5.82 Å². The maximum Gasteiger partial charge on any atom is 0.147 e. The molecule has 1 fully saturated rings. The Kier molecular flexibility index (Phi) is 3.23. The lowest BCUT2D eigenvalue weighted by Gasteiger charge is -2.23. The van der Waals surface area contributed by atoms with Gasteiger partial charge in [0, 0.05) is 23.5 Å². The van der Waals surface area contributed by atoms with Gasteiger partial charge in [-0.3, -0.25) is 4.57 Å². The Morgan fingerprint density at radius 2 is 2.00 bits per heavy atom. The van der Waals surface area contributed by atoms with Crippen LogP contribution in [0.4, 0.5) is 10.1 Å². The van der Waals surface area contributed by atoms with E-state index in [1.54, 1.807) is 18.5 Å². The summed E-state index contributed by atoms with van der Waals surface area (Å²) in [6, 6.07) is 4.66. The minimum absolute atomic E-state index is 0.260. The predicted molar refractivity (Wildman–Crippen MR) is 73.8 cm³/mol. The third-order valence-corrected chi connectivity index (χ3v) is 3.92. The molecule has 0 bridgehead atoms. The molecule has 1 heterocycles. The van der Waals surface area contributed by atoms with E-state index in [0.29, 0.717) is 17.3 Å². The first-order valence-electron chi connectivity index (χ1n) is 6.83. The zero-order valence-electron chi connectivity index (χ0n) is 10.8. The van der Waals surface area contributed by atoms with Crippen LogP contribution >= 0.6 is 0 Å². The average molecular weight is 259 g/mol. The van der Waals surface area contributed by atoms with Crippen molar-refractivity contribution in [2.24, 2.45) is 0 Å². The normalized spacial score (nSPS) is 16.7. The van der Waals surface area contributed by atoms with Gasteiger partial charge in [-0.05, 0) is 31.0 Å². The van der Waals surface area contributed by atoms with Crippen molar-refractivity contribution in [2.75, 3.05) is 5.73 Å². The number of hydrogen-bond donors (Lipinski definition) is 1. The van der Waals surface area contributed by atoms with Crippen molar-refractivity contribution < 1.29 is 4.39 Å². The van der Waals surface area contributed by atoms with Gasteiger partial charge in [-0.15, -0.1) is 0 Å². The summed E-state index contributed by atoms with van der Waals surface area (Å²) in [5.74, 6) is 0.223. The lowest BCUT2D eigenvalue weighted by Crippen LogP contribution is -2.10. The van der Waals surface area contributed by atoms with Gasteiger partial charge in [0.2, 0.25) is 0 Å². The highest BCUT2D eigenvalue weighted by molar-refractivity contribution is 5.49. The molecule has 1 aromatic heterocycles. The first-order chi connectivity index (χ1) is 9.25. The molecule has 0 aliphatic heterocycles. The Balaban J connectivity index is 2.01. The molecule has 0 spiro atoms. The topological polar surface area (TPSA) is 43.8 Å². The van der Waals surface area contributed by atoms with Crippen LogP contribution in [0.5, 0.6) is 0 Å². The largest absolute Gasteiger partial charge is 0.399 e. The van der Waals surface area contributed by atoms with Crippen LogP contribution in [0.25, 0.3) is 5.69 Å². The molecule has 0 atom stereocenters. The number of halogens is 1. The highest BCUT2D eigenvalue weighted by atomic mass is 19.1. The van der Waals surface area contributed by atoms with Gasteiger partial charge in [0.25, 0.3) is 0 Å².